The fourth-order valence-corrected chi connectivity index (χ4v) is 2.59. The quantitative estimate of drug-likeness (QED) is 0.740. The summed E-state index contributed by atoms with van der Waals surface area (Å²) in [7, 11) is 1.40. The van der Waals surface area contributed by atoms with E-state index in [9.17, 15) is 4.79 Å². The summed E-state index contributed by atoms with van der Waals surface area (Å²) in [6.45, 7) is 2.99. The third kappa shape index (κ3) is 1.81. The fourth-order valence-electron chi connectivity index (χ4n) is 2.59. The Labute approximate surface area is 117 Å². The molecule has 0 fully saturated rings. The van der Waals surface area contributed by atoms with Gasteiger partial charge >= 0.3 is 5.97 Å². The summed E-state index contributed by atoms with van der Waals surface area (Å²) in [6, 6.07) is 8.20. The highest BCUT2D eigenvalue weighted by Crippen LogP contribution is 2.33. The van der Waals surface area contributed by atoms with E-state index in [1.165, 1.54) is 12.6 Å². The molecule has 4 heteroatoms. The normalized spacial score (nSPS) is 10.9. The number of carbonyl (C=O) groups excluding carboxylic acids is 1. The zero-order valence-electron chi connectivity index (χ0n) is 11.5. The number of aromatic nitrogens is 2. The standard InChI is InChI=1S/C16H16N2O2/c1-3-18-10-14(11-6-4-5-7-15(11)18)12-8-17-9-13(12)16(19)20-2/h4-10,17H,3H2,1-2H3. The number of H-pyrrole nitrogens is 1. The highest BCUT2D eigenvalue weighted by atomic mass is 16.5. The average Bonchev–Trinajstić information content (AvgIpc) is 3.10. The summed E-state index contributed by atoms with van der Waals surface area (Å²) < 4.78 is 7.02. The molecule has 0 aliphatic carbocycles. The number of nitrogens with zero attached hydrogens (tertiary/aromatic N) is 1. The summed E-state index contributed by atoms with van der Waals surface area (Å²) in [5.41, 5.74) is 3.65. The van der Waals surface area contributed by atoms with Crippen LogP contribution >= 0.6 is 0 Å². The minimum Gasteiger partial charge on any atom is -0.465 e. The van der Waals surface area contributed by atoms with Crippen LogP contribution in [0.2, 0.25) is 0 Å². The van der Waals surface area contributed by atoms with Crippen LogP contribution in [0.1, 0.15) is 17.3 Å². The topological polar surface area (TPSA) is 47.0 Å². The van der Waals surface area contributed by atoms with Gasteiger partial charge in [0, 0.05) is 47.2 Å². The summed E-state index contributed by atoms with van der Waals surface area (Å²) in [5, 5.41) is 1.14. The maximum Gasteiger partial charge on any atom is 0.340 e. The number of nitrogens with one attached hydrogen (secondary N) is 1. The van der Waals surface area contributed by atoms with Gasteiger partial charge < -0.3 is 14.3 Å². The molecule has 0 atom stereocenters. The van der Waals surface area contributed by atoms with Gasteiger partial charge in [0.2, 0.25) is 0 Å². The van der Waals surface area contributed by atoms with Crippen LogP contribution in [0.5, 0.6) is 0 Å². The van der Waals surface area contributed by atoms with Crippen LogP contribution in [0, 0.1) is 0 Å². The third-order valence-corrected chi connectivity index (χ3v) is 3.57. The first kappa shape index (κ1) is 12.5. The first-order chi connectivity index (χ1) is 9.76. The zero-order chi connectivity index (χ0) is 14.1. The number of esters is 1. The number of aromatic amines is 1. The molecule has 3 rings (SSSR count). The van der Waals surface area contributed by atoms with Crippen molar-refractivity contribution in [2.75, 3.05) is 7.11 Å². The Morgan fingerprint density at radius 2 is 2.05 bits per heavy atom. The highest BCUT2D eigenvalue weighted by molar-refractivity contribution is 6.03. The highest BCUT2D eigenvalue weighted by Gasteiger charge is 2.18. The van der Waals surface area contributed by atoms with Crippen molar-refractivity contribution in [1.82, 2.24) is 9.55 Å². The van der Waals surface area contributed by atoms with E-state index in [1.807, 2.05) is 18.3 Å². The number of para-hydroxylation sites is 1. The Morgan fingerprint density at radius 1 is 1.25 bits per heavy atom. The van der Waals surface area contributed by atoms with Gasteiger partial charge in [0.1, 0.15) is 0 Å². The van der Waals surface area contributed by atoms with E-state index in [-0.39, 0.29) is 5.97 Å². The van der Waals surface area contributed by atoms with Gasteiger partial charge in [0.15, 0.2) is 0 Å². The van der Waals surface area contributed by atoms with Gasteiger partial charge in [-0.05, 0) is 13.0 Å². The van der Waals surface area contributed by atoms with Crippen LogP contribution in [-0.2, 0) is 11.3 Å². The Kier molecular flexibility index (Phi) is 3.06. The van der Waals surface area contributed by atoms with Gasteiger partial charge in [0.25, 0.3) is 0 Å². The lowest BCUT2D eigenvalue weighted by Gasteiger charge is -2.00. The number of hydrogen-bond acceptors (Lipinski definition) is 2. The maximum absolute atomic E-state index is 11.8. The van der Waals surface area contributed by atoms with Crippen molar-refractivity contribution in [3.63, 3.8) is 0 Å². The van der Waals surface area contributed by atoms with Crippen LogP contribution in [0.25, 0.3) is 22.0 Å². The lowest BCUT2D eigenvalue weighted by molar-refractivity contribution is 0.0602. The second kappa shape index (κ2) is 4.89. The molecule has 0 radical (unpaired) electrons. The largest absolute Gasteiger partial charge is 0.465 e. The van der Waals surface area contributed by atoms with E-state index in [0.717, 1.165) is 23.1 Å². The smallest absolute Gasteiger partial charge is 0.340 e. The number of aryl methyl sites for hydroxylation is 1. The van der Waals surface area contributed by atoms with E-state index in [2.05, 4.69) is 34.8 Å². The molecular weight excluding hydrogens is 252 g/mol. The molecule has 0 saturated carbocycles. The lowest BCUT2D eigenvalue weighted by Crippen LogP contribution is -2.00. The van der Waals surface area contributed by atoms with Crippen molar-refractivity contribution >= 4 is 16.9 Å². The third-order valence-electron chi connectivity index (χ3n) is 3.57. The minimum atomic E-state index is -0.324. The lowest BCUT2D eigenvalue weighted by atomic mass is 10.0. The van der Waals surface area contributed by atoms with Crippen molar-refractivity contribution in [1.29, 1.82) is 0 Å². The summed E-state index contributed by atoms with van der Waals surface area (Å²) in [5.74, 6) is -0.324. The summed E-state index contributed by atoms with van der Waals surface area (Å²) >= 11 is 0. The Balaban J connectivity index is 2.25. The molecule has 2 aromatic heterocycles. The van der Waals surface area contributed by atoms with Crippen LogP contribution < -0.4 is 0 Å². The van der Waals surface area contributed by atoms with Gasteiger partial charge in [0.05, 0.1) is 12.7 Å². The van der Waals surface area contributed by atoms with Crippen LogP contribution in [0.15, 0.2) is 42.9 Å². The first-order valence-corrected chi connectivity index (χ1v) is 6.59. The molecule has 3 aromatic rings. The SMILES string of the molecule is CCn1cc(-c2c[nH]cc2C(=O)OC)c2ccccc21. The van der Waals surface area contributed by atoms with E-state index in [1.54, 1.807) is 6.20 Å². The van der Waals surface area contributed by atoms with Crippen molar-refractivity contribution in [2.45, 2.75) is 13.5 Å². The Bertz CT molecular complexity index is 768. The fraction of sp³-hybridized carbons (Fsp3) is 0.188. The zero-order valence-corrected chi connectivity index (χ0v) is 11.5. The van der Waals surface area contributed by atoms with E-state index < -0.39 is 0 Å². The van der Waals surface area contributed by atoms with Gasteiger partial charge in [-0.2, -0.15) is 0 Å². The molecular formula is C16H16N2O2. The molecule has 0 aliphatic rings. The van der Waals surface area contributed by atoms with Crippen LogP contribution in [0.4, 0.5) is 0 Å². The molecule has 0 unspecified atom stereocenters. The number of hydrogen-bond donors (Lipinski definition) is 1. The van der Waals surface area contributed by atoms with E-state index in [4.69, 9.17) is 4.74 Å². The molecule has 2 heterocycles. The maximum atomic E-state index is 11.8. The van der Waals surface area contributed by atoms with Crippen LogP contribution in [-0.4, -0.2) is 22.6 Å². The predicted octanol–water partition coefficient (Wildman–Crippen LogP) is 3.44. The van der Waals surface area contributed by atoms with Crippen molar-refractivity contribution < 1.29 is 9.53 Å². The molecule has 0 amide bonds. The van der Waals surface area contributed by atoms with Gasteiger partial charge in [-0.15, -0.1) is 0 Å². The first-order valence-electron chi connectivity index (χ1n) is 6.59. The van der Waals surface area contributed by atoms with E-state index in [0.29, 0.717) is 5.56 Å². The second-order valence-electron chi connectivity index (χ2n) is 4.62. The van der Waals surface area contributed by atoms with Gasteiger partial charge in [-0.1, -0.05) is 18.2 Å². The molecule has 0 spiro atoms. The Morgan fingerprint density at radius 3 is 2.80 bits per heavy atom. The molecule has 1 aromatic carbocycles. The second-order valence-corrected chi connectivity index (χ2v) is 4.62. The molecule has 0 aliphatic heterocycles. The van der Waals surface area contributed by atoms with Crippen molar-refractivity contribution in [3.05, 3.63) is 48.4 Å². The summed E-state index contributed by atoms with van der Waals surface area (Å²) in [6.07, 6.45) is 5.60. The number of carbonyl (C=O) groups is 1. The van der Waals surface area contributed by atoms with Crippen molar-refractivity contribution in [3.8, 4) is 11.1 Å². The molecule has 4 nitrogen and oxygen atoms in total. The number of benzene rings is 1. The number of fused-ring (bicyclic) bond motifs is 1. The minimum absolute atomic E-state index is 0.324. The molecule has 0 saturated heterocycles. The van der Waals surface area contributed by atoms with Gasteiger partial charge in [-0.25, -0.2) is 4.79 Å². The van der Waals surface area contributed by atoms with Crippen LogP contribution in [0.3, 0.4) is 0 Å². The van der Waals surface area contributed by atoms with Gasteiger partial charge in [-0.3, -0.25) is 0 Å². The number of rotatable bonds is 3. The van der Waals surface area contributed by atoms with Crippen molar-refractivity contribution in [2.24, 2.45) is 0 Å². The number of methoxy groups -OCH3 is 1. The van der Waals surface area contributed by atoms with E-state index >= 15 is 0 Å². The predicted molar refractivity (Wildman–Crippen MR) is 78.7 cm³/mol. The molecule has 0 bridgehead atoms. The molecule has 20 heavy (non-hydrogen) atoms. The average molecular weight is 268 g/mol. The molecule has 1 N–H and O–H groups in total. The Hall–Kier alpha value is -2.49. The number of ether oxygens (including phenoxy) is 1. The monoisotopic (exact) mass is 268 g/mol. The summed E-state index contributed by atoms with van der Waals surface area (Å²) in [4.78, 5) is 14.8. The molecule has 102 valence electrons.